The molecule has 18 heteroatoms. The number of allylic oxidation sites excluding steroid dienone is 2. The molecule has 362 valence electrons. The quantitative estimate of drug-likeness (QED) is 0.277. The van der Waals surface area contributed by atoms with E-state index in [4.69, 9.17) is 42.6 Å². The van der Waals surface area contributed by atoms with Gasteiger partial charge in [-0.15, -0.1) is 0 Å². The summed E-state index contributed by atoms with van der Waals surface area (Å²) in [6.45, 7) is 10.2. The van der Waals surface area contributed by atoms with Gasteiger partial charge >= 0.3 is 0 Å². The van der Waals surface area contributed by atoms with E-state index in [0.717, 1.165) is 6.08 Å². The third-order valence-electron chi connectivity index (χ3n) is 14.4. The Morgan fingerprint density at radius 3 is 1.88 bits per heavy atom. The zero-order valence-corrected chi connectivity index (χ0v) is 38.2. The smallest absolute Gasteiger partial charge is 0.198 e. The molecule has 1 unspecified atom stereocenters. The topological polar surface area (TPSA) is 249 Å². The fourth-order valence-electron chi connectivity index (χ4n) is 10.7. The monoisotopic (exact) mass is 934 g/mol. The van der Waals surface area contributed by atoms with Gasteiger partial charge < -0.3 is 63.1 Å². The molecule has 0 bridgehead atoms. The van der Waals surface area contributed by atoms with Crippen molar-refractivity contribution in [2.75, 3.05) is 0 Å². The lowest BCUT2D eigenvalue weighted by molar-refractivity contribution is -0.292. The van der Waals surface area contributed by atoms with Crippen molar-refractivity contribution in [3.63, 3.8) is 0 Å². The van der Waals surface area contributed by atoms with E-state index in [-0.39, 0.29) is 52.8 Å². The minimum Gasteiger partial charge on any atom is -0.507 e. The summed E-state index contributed by atoms with van der Waals surface area (Å²) in [7, 11) is 0. The number of phenolic OH excluding ortho intramolecular Hbond substituents is 1. The number of Topliss-reactive ketones (excluding diaryl/α,β-unsaturated/α-hetero) is 3. The first-order chi connectivity index (χ1) is 31.7. The molecule has 0 spiro atoms. The highest BCUT2D eigenvalue weighted by molar-refractivity contribution is 6.32. The van der Waals surface area contributed by atoms with Crippen LogP contribution >= 0.6 is 0 Å². The van der Waals surface area contributed by atoms with Gasteiger partial charge in [-0.1, -0.05) is 12.1 Å². The molecule has 1 aromatic rings. The molecule has 0 amide bonds. The Kier molecular flexibility index (Phi) is 12.9. The molecule has 9 rings (SSSR count). The zero-order chi connectivity index (χ0) is 47.9. The Hall–Kier alpha value is -4.15. The molecular weight excluding hydrogens is 877 g/mol. The molecule has 18 nitrogen and oxygen atoms in total. The molecule has 5 heterocycles. The van der Waals surface area contributed by atoms with Crippen molar-refractivity contribution in [2.45, 2.75) is 189 Å². The Morgan fingerprint density at radius 1 is 0.701 bits per heavy atom. The molecule has 3 aliphatic carbocycles. The van der Waals surface area contributed by atoms with Crippen LogP contribution in [0.15, 0.2) is 59.7 Å². The number of hydrogen-bond donors (Lipinski definition) is 4. The van der Waals surface area contributed by atoms with Crippen molar-refractivity contribution in [3.8, 4) is 5.75 Å². The second-order valence-corrected chi connectivity index (χ2v) is 19.3. The first-order valence-corrected chi connectivity index (χ1v) is 23.1. The van der Waals surface area contributed by atoms with Gasteiger partial charge in [0.25, 0.3) is 0 Å². The maximum absolute atomic E-state index is 14.4. The molecule has 17 atom stereocenters. The van der Waals surface area contributed by atoms with Crippen LogP contribution in [0.4, 0.5) is 0 Å². The lowest BCUT2D eigenvalue weighted by atomic mass is 9.57. The molecule has 8 aliphatic rings. The molecule has 0 radical (unpaired) electrons. The first kappa shape index (κ1) is 47.9. The zero-order valence-electron chi connectivity index (χ0n) is 38.2. The number of aliphatic hydroxyl groups excluding tert-OH is 1. The van der Waals surface area contributed by atoms with Crippen molar-refractivity contribution in [3.05, 3.63) is 76.4 Å². The van der Waals surface area contributed by atoms with E-state index >= 15 is 0 Å². The van der Waals surface area contributed by atoms with Crippen molar-refractivity contribution in [1.29, 1.82) is 0 Å². The number of carbonyl (C=O) groups excluding carboxylic acids is 5. The second kappa shape index (κ2) is 18.0. The van der Waals surface area contributed by atoms with Crippen LogP contribution in [0.3, 0.4) is 0 Å². The van der Waals surface area contributed by atoms with E-state index < -0.39 is 132 Å². The summed E-state index contributed by atoms with van der Waals surface area (Å²) in [5.74, 6) is -3.57. The highest BCUT2D eigenvalue weighted by Gasteiger charge is 2.67. The maximum atomic E-state index is 14.4. The number of phenols is 1. The number of ether oxygens (including phenoxy) is 9. The van der Waals surface area contributed by atoms with Crippen LogP contribution < -0.4 is 0 Å². The van der Waals surface area contributed by atoms with Crippen LogP contribution in [0, 0.1) is 0 Å². The molecule has 4 N–H and O–H groups in total. The average molecular weight is 935 g/mol. The van der Waals surface area contributed by atoms with E-state index in [1.165, 1.54) is 30.4 Å². The molecular formula is C49H58O18. The van der Waals surface area contributed by atoms with Crippen molar-refractivity contribution in [1.82, 2.24) is 0 Å². The van der Waals surface area contributed by atoms with Gasteiger partial charge in [-0.2, -0.15) is 0 Å². The van der Waals surface area contributed by atoms with Gasteiger partial charge in [-0.3, -0.25) is 24.0 Å². The Labute approximate surface area is 386 Å². The normalized spacial score (nSPS) is 43.3. The maximum Gasteiger partial charge on any atom is 0.198 e. The minimum atomic E-state index is -2.83. The van der Waals surface area contributed by atoms with Crippen LogP contribution in [-0.4, -0.2) is 146 Å². The summed E-state index contributed by atoms with van der Waals surface area (Å²) < 4.78 is 54.4. The Morgan fingerprint density at radius 2 is 1.30 bits per heavy atom. The summed E-state index contributed by atoms with van der Waals surface area (Å²) in [5.41, 5.74) is -8.05. The van der Waals surface area contributed by atoms with Crippen molar-refractivity contribution in [2.24, 2.45) is 0 Å². The molecule has 67 heavy (non-hydrogen) atoms. The fourth-order valence-corrected chi connectivity index (χ4v) is 10.7. The van der Waals surface area contributed by atoms with Crippen LogP contribution in [0.1, 0.15) is 119 Å². The number of fused-ring (bicyclic) bond motifs is 3. The number of rotatable bonds is 9. The lowest BCUT2D eigenvalue weighted by Crippen LogP contribution is -2.69. The van der Waals surface area contributed by atoms with Crippen LogP contribution in [0.5, 0.6) is 5.75 Å². The van der Waals surface area contributed by atoms with Crippen molar-refractivity contribution < 1.29 is 87.0 Å². The Balaban J connectivity index is 0.843. The number of aromatic hydroxyl groups is 1. The number of hydrogen-bond acceptors (Lipinski definition) is 18. The fraction of sp³-hybridized carbons (Fsp3) is 0.612. The highest BCUT2D eigenvalue weighted by atomic mass is 16.7. The van der Waals surface area contributed by atoms with E-state index in [1.54, 1.807) is 46.8 Å². The van der Waals surface area contributed by atoms with E-state index in [1.807, 2.05) is 6.92 Å². The van der Waals surface area contributed by atoms with Crippen LogP contribution in [0.25, 0.3) is 0 Å². The summed E-state index contributed by atoms with van der Waals surface area (Å²) in [5, 5.41) is 47.6. The van der Waals surface area contributed by atoms with Gasteiger partial charge in [0, 0.05) is 48.8 Å². The van der Waals surface area contributed by atoms with Gasteiger partial charge in [0.15, 0.2) is 59.7 Å². The SMILES string of the molecule is C[C@@H]1O[C@@H](O[C@H]2CC[C@H](OC3[C@H](O)C[C@H](c4ccc5c(c4O)C(=O)C4=C(C5=O)[C@@]5(O)C(=O)C[C@](C)(O[C@H]6CC[C@H](O[C@H]7C=CC(=O)[C@H](C)O7)[C@H](C)O6)C[C@@]5(O)C=C4)O[C@@H]3C)O[C@H]2C)C=CC1=O. The average Bonchev–Trinajstić information content (AvgIpc) is 3.26. The first-order valence-electron chi connectivity index (χ1n) is 23.1. The lowest BCUT2D eigenvalue weighted by Gasteiger charge is -2.53. The van der Waals surface area contributed by atoms with Gasteiger partial charge in [-0.05, 0) is 90.8 Å². The van der Waals surface area contributed by atoms with Gasteiger partial charge in [0.05, 0.1) is 59.5 Å². The molecule has 1 saturated carbocycles. The number of ketones is 5. The summed E-state index contributed by atoms with van der Waals surface area (Å²) in [6, 6.07) is 2.70. The second-order valence-electron chi connectivity index (χ2n) is 19.3. The molecule has 4 fully saturated rings. The molecule has 1 aromatic carbocycles. The largest absolute Gasteiger partial charge is 0.507 e. The van der Waals surface area contributed by atoms with Gasteiger partial charge in [0.1, 0.15) is 29.7 Å². The van der Waals surface area contributed by atoms with Gasteiger partial charge in [0.2, 0.25) is 0 Å². The predicted octanol–water partition coefficient (Wildman–Crippen LogP) is 3.39. The molecule has 3 saturated heterocycles. The van der Waals surface area contributed by atoms with Crippen LogP contribution in [-0.2, 0) is 57.0 Å². The summed E-state index contributed by atoms with van der Waals surface area (Å²) >= 11 is 0. The number of carbonyl (C=O) groups is 5. The summed E-state index contributed by atoms with van der Waals surface area (Å²) in [4.78, 5) is 66.5. The number of aliphatic hydroxyl groups is 3. The third-order valence-corrected chi connectivity index (χ3v) is 14.4. The number of benzene rings is 1. The van der Waals surface area contributed by atoms with Gasteiger partial charge in [-0.25, -0.2) is 0 Å². The molecule has 5 aliphatic heterocycles. The minimum absolute atomic E-state index is 0.0512. The standard InChI is InChI=1S/C49H58O18/c1-22-30(50)9-13-37(60-22)64-33-11-15-39(62-24(33)3)66-46-26(5)59-35(19-32(46)52)27-7-8-28-41(43(27)54)44(55)29-17-18-48(57)21-47(6,20-36(53)49(48,58)42(29)45(28)56)67-40-16-12-34(25(4)63-40)65-38-14-10-31(51)23(2)61-38/h7-10,13-14,17-18,22-26,32-35,37-40,46,52,54,57-58H,11-12,15-16,19-21H2,1-6H3/t22-,23-,24-,25-,26+,32+,33-,34-,35+,37-,38-,39-,40-,46?,47-,48-,49-/m0/s1. The highest BCUT2D eigenvalue weighted by Crippen LogP contribution is 2.53. The Bertz CT molecular complexity index is 2320. The van der Waals surface area contributed by atoms with Crippen molar-refractivity contribution >= 4 is 28.9 Å². The summed E-state index contributed by atoms with van der Waals surface area (Å²) in [6.07, 6.45) is -0.115. The van der Waals surface area contributed by atoms with Crippen LogP contribution in [0.2, 0.25) is 0 Å². The van der Waals surface area contributed by atoms with E-state index in [2.05, 4.69) is 0 Å². The predicted molar refractivity (Wildman–Crippen MR) is 229 cm³/mol. The third kappa shape index (κ3) is 8.67. The van der Waals surface area contributed by atoms with E-state index in [0.29, 0.717) is 25.7 Å². The van der Waals surface area contributed by atoms with E-state index in [9.17, 15) is 44.4 Å². The molecule has 0 aromatic heterocycles.